The van der Waals surface area contributed by atoms with Gasteiger partial charge in [0.05, 0.1) is 5.69 Å². The molecule has 1 aromatic rings. The van der Waals surface area contributed by atoms with E-state index in [2.05, 4.69) is 10.2 Å². The minimum Gasteiger partial charge on any atom is -0.444 e. The number of amides is 1. The molecule has 1 aliphatic heterocycles. The van der Waals surface area contributed by atoms with Crippen LogP contribution in [0.15, 0.2) is 6.07 Å². The molecule has 1 aliphatic rings. The largest absolute Gasteiger partial charge is 0.444 e. The van der Waals surface area contributed by atoms with Gasteiger partial charge in [-0.1, -0.05) is 0 Å². The zero-order chi connectivity index (χ0) is 15.6. The summed E-state index contributed by atoms with van der Waals surface area (Å²) in [6.07, 6.45) is -1.45. The van der Waals surface area contributed by atoms with Crippen molar-refractivity contribution in [3.8, 4) is 0 Å². The van der Waals surface area contributed by atoms with E-state index in [1.807, 2.05) is 20.8 Å². The molecule has 0 spiro atoms. The van der Waals surface area contributed by atoms with Crippen LogP contribution in [0.3, 0.4) is 0 Å². The fourth-order valence-corrected chi connectivity index (χ4v) is 2.36. The second kappa shape index (κ2) is 5.99. The van der Waals surface area contributed by atoms with Crippen molar-refractivity contribution in [2.75, 3.05) is 13.1 Å². The molecule has 1 fully saturated rings. The van der Waals surface area contributed by atoms with Gasteiger partial charge in [0.1, 0.15) is 11.3 Å². The lowest BCUT2D eigenvalue weighted by atomic mass is 9.93. The van der Waals surface area contributed by atoms with Crippen LogP contribution < -0.4 is 0 Å². The van der Waals surface area contributed by atoms with E-state index in [-0.39, 0.29) is 17.7 Å². The third-order valence-corrected chi connectivity index (χ3v) is 3.42. The number of alkyl halides is 2. The van der Waals surface area contributed by atoms with Gasteiger partial charge in [-0.05, 0) is 39.7 Å². The number of piperidine rings is 1. The number of aromatic nitrogens is 2. The van der Waals surface area contributed by atoms with Crippen LogP contribution in [0.1, 0.15) is 57.3 Å². The highest BCUT2D eigenvalue weighted by Crippen LogP contribution is 2.29. The number of hydrogen-bond acceptors (Lipinski definition) is 3. The average molecular weight is 301 g/mol. The molecule has 0 aliphatic carbocycles. The molecule has 21 heavy (non-hydrogen) atoms. The summed E-state index contributed by atoms with van der Waals surface area (Å²) in [5, 5.41) is 6.31. The summed E-state index contributed by atoms with van der Waals surface area (Å²) < 4.78 is 30.4. The van der Waals surface area contributed by atoms with Gasteiger partial charge in [-0.25, -0.2) is 13.6 Å². The maximum absolute atomic E-state index is 12.5. The lowest BCUT2D eigenvalue weighted by Gasteiger charge is -2.32. The number of rotatable bonds is 2. The number of halogens is 2. The van der Waals surface area contributed by atoms with Gasteiger partial charge < -0.3 is 9.64 Å². The highest BCUT2D eigenvalue weighted by atomic mass is 19.3. The number of carbonyl (C=O) groups excluding carboxylic acids is 1. The van der Waals surface area contributed by atoms with Gasteiger partial charge in [0.2, 0.25) is 0 Å². The first kappa shape index (κ1) is 15.7. The zero-order valence-electron chi connectivity index (χ0n) is 12.5. The second-order valence-corrected chi connectivity index (χ2v) is 6.29. The Morgan fingerprint density at radius 1 is 1.43 bits per heavy atom. The number of likely N-dealkylation sites (tertiary alicyclic amines) is 1. The molecule has 2 heterocycles. The summed E-state index contributed by atoms with van der Waals surface area (Å²) in [6.45, 7) is 6.58. The van der Waals surface area contributed by atoms with E-state index in [1.54, 1.807) is 4.90 Å². The molecule has 2 rings (SSSR count). The number of nitrogens with one attached hydrogen (secondary N) is 1. The first-order chi connectivity index (χ1) is 9.76. The monoisotopic (exact) mass is 301 g/mol. The summed E-state index contributed by atoms with van der Waals surface area (Å²) >= 11 is 0. The normalized spacial score (nSPS) is 17.3. The number of ether oxygens (including phenoxy) is 1. The number of nitrogens with zero attached hydrogens (tertiary/aromatic N) is 2. The maximum atomic E-state index is 12.5. The van der Waals surface area contributed by atoms with Gasteiger partial charge in [-0.3, -0.25) is 5.10 Å². The van der Waals surface area contributed by atoms with Crippen LogP contribution in [0, 0.1) is 0 Å². The first-order valence-corrected chi connectivity index (χ1v) is 7.07. The topological polar surface area (TPSA) is 58.2 Å². The van der Waals surface area contributed by atoms with E-state index in [9.17, 15) is 13.6 Å². The Hall–Kier alpha value is -1.66. The summed E-state index contributed by atoms with van der Waals surface area (Å²) in [5.41, 5.74) is -0.0174. The second-order valence-electron chi connectivity index (χ2n) is 6.29. The van der Waals surface area contributed by atoms with E-state index in [0.717, 1.165) is 0 Å². The van der Waals surface area contributed by atoms with Gasteiger partial charge in [0.15, 0.2) is 0 Å². The van der Waals surface area contributed by atoms with E-state index in [4.69, 9.17) is 4.74 Å². The number of carbonyl (C=O) groups is 1. The number of aromatic amines is 1. The summed E-state index contributed by atoms with van der Waals surface area (Å²) in [4.78, 5) is 13.6. The van der Waals surface area contributed by atoms with Crippen LogP contribution in [0.5, 0.6) is 0 Å². The Morgan fingerprint density at radius 2 is 2.05 bits per heavy atom. The summed E-state index contributed by atoms with van der Waals surface area (Å²) in [7, 11) is 0. The summed E-state index contributed by atoms with van der Waals surface area (Å²) in [5.74, 6) is 0.104. The molecular formula is C14H21F2N3O2. The van der Waals surface area contributed by atoms with Crippen molar-refractivity contribution in [1.82, 2.24) is 15.1 Å². The van der Waals surface area contributed by atoms with Gasteiger partial charge in [0.25, 0.3) is 6.43 Å². The Bertz CT molecular complexity index is 489. The SMILES string of the molecule is CC(C)(C)OC(=O)N1CCC(c2cc(C(F)F)[nH]n2)CC1. The lowest BCUT2D eigenvalue weighted by molar-refractivity contribution is 0.0204. The Balaban J connectivity index is 1.89. The van der Waals surface area contributed by atoms with Crippen molar-refractivity contribution in [2.45, 2.75) is 51.6 Å². The molecule has 118 valence electrons. The Kier molecular flexibility index (Phi) is 4.49. The third-order valence-electron chi connectivity index (χ3n) is 3.42. The lowest BCUT2D eigenvalue weighted by Crippen LogP contribution is -2.41. The Labute approximate surface area is 122 Å². The Morgan fingerprint density at radius 3 is 2.52 bits per heavy atom. The van der Waals surface area contributed by atoms with Gasteiger partial charge in [-0.15, -0.1) is 0 Å². The number of hydrogen-bond donors (Lipinski definition) is 1. The highest BCUT2D eigenvalue weighted by Gasteiger charge is 2.28. The van der Waals surface area contributed by atoms with Crippen LogP contribution >= 0.6 is 0 Å². The average Bonchev–Trinajstić information content (AvgIpc) is 2.86. The molecule has 0 saturated carbocycles. The molecule has 1 saturated heterocycles. The molecule has 0 radical (unpaired) electrons. The third kappa shape index (κ3) is 4.15. The minimum atomic E-state index is -2.53. The van der Waals surface area contributed by atoms with Crippen molar-refractivity contribution in [3.05, 3.63) is 17.5 Å². The quantitative estimate of drug-likeness (QED) is 0.910. The molecule has 0 bridgehead atoms. The van der Waals surface area contributed by atoms with Crippen molar-refractivity contribution in [3.63, 3.8) is 0 Å². The van der Waals surface area contributed by atoms with Gasteiger partial charge in [0, 0.05) is 19.0 Å². The predicted molar refractivity (Wildman–Crippen MR) is 73.3 cm³/mol. The van der Waals surface area contributed by atoms with Gasteiger partial charge >= 0.3 is 6.09 Å². The fraction of sp³-hybridized carbons (Fsp3) is 0.714. The van der Waals surface area contributed by atoms with Crippen LogP contribution in [0.2, 0.25) is 0 Å². The molecule has 0 atom stereocenters. The molecule has 1 aromatic heterocycles. The standard InChI is InChI=1S/C14H21F2N3O2/c1-14(2,3)21-13(20)19-6-4-9(5-7-19)10-8-11(12(15)16)18-17-10/h8-9,12H,4-7H2,1-3H3,(H,17,18). The van der Waals surface area contributed by atoms with E-state index in [0.29, 0.717) is 31.6 Å². The van der Waals surface area contributed by atoms with Crippen LogP contribution in [-0.4, -0.2) is 39.9 Å². The first-order valence-electron chi connectivity index (χ1n) is 7.07. The molecule has 1 amide bonds. The minimum absolute atomic E-state index is 0.104. The van der Waals surface area contributed by atoms with Crippen molar-refractivity contribution < 1.29 is 18.3 Å². The van der Waals surface area contributed by atoms with Crippen LogP contribution in [-0.2, 0) is 4.74 Å². The van der Waals surface area contributed by atoms with E-state index >= 15 is 0 Å². The molecule has 7 heteroatoms. The molecular weight excluding hydrogens is 280 g/mol. The predicted octanol–water partition coefficient (Wildman–Crippen LogP) is 3.46. The van der Waals surface area contributed by atoms with Crippen LogP contribution in [0.4, 0.5) is 13.6 Å². The van der Waals surface area contributed by atoms with Crippen LogP contribution in [0.25, 0.3) is 0 Å². The maximum Gasteiger partial charge on any atom is 0.410 e. The fourth-order valence-electron chi connectivity index (χ4n) is 2.36. The highest BCUT2D eigenvalue weighted by molar-refractivity contribution is 5.68. The van der Waals surface area contributed by atoms with Crippen molar-refractivity contribution in [2.24, 2.45) is 0 Å². The zero-order valence-corrected chi connectivity index (χ0v) is 12.5. The van der Waals surface area contributed by atoms with Crippen molar-refractivity contribution in [1.29, 1.82) is 0 Å². The smallest absolute Gasteiger partial charge is 0.410 e. The van der Waals surface area contributed by atoms with E-state index in [1.165, 1.54) is 6.07 Å². The van der Waals surface area contributed by atoms with Gasteiger partial charge in [-0.2, -0.15) is 5.10 Å². The molecule has 1 N–H and O–H groups in total. The molecule has 0 unspecified atom stereocenters. The molecule has 5 nitrogen and oxygen atoms in total. The van der Waals surface area contributed by atoms with E-state index < -0.39 is 12.0 Å². The summed E-state index contributed by atoms with van der Waals surface area (Å²) in [6, 6.07) is 1.42. The van der Waals surface area contributed by atoms with Crippen molar-refractivity contribution >= 4 is 6.09 Å². The molecule has 0 aromatic carbocycles. The number of H-pyrrole nitrogens is 1.